The molecule has 0 radical (unpaired) electrons. The van der Waals surface area contributed by atoms with Gasteiger partial charge in [0.25, 0.3) is 5.91 Å². The van der Waals surface area contributed by atoms with E-state index < -0.39 is 5.97 Å². The number of carbonyl (C=O) groups excluding carboxylic acids is 2. The Bertz CT molecular complexity index is 1170. The first-order chi connectivity index (χ1) is 16.9. The van der Waals surface area contributed by atoms with Crippen LogP contribution in [0.25, 0.3) is 0 Å². The van der Waals surface area contributed by atoms with Gasteiger partial charge in [-0.1, -0.05) is 26.0 Å². The van der Waals surface area contributed by atoms with Crippen molar-refractivity contribution in [1.82, 2.24) is 5.43 Å². The highest BCUT2D eigenvalue weighted by Crippen LogP contribution is 2.28. The van der Waals surface area contributed by atoms with Crippen LogP contribution in [0.5, 0.6) is 23.0 Å². The fraction of sp³-hybridized carbons (Fsp3) is 0.222. The molecular formula is C27H28N2O6. The molecule has 0 heterocycles. The second-order valence-corrected chi connectivity index (χ2v) is 7.83. The van der Waals surface area contributed by atoms with Crippen LogP contribution >= 0.6 is 0 Å². The molecule has 35 heavy (non-hydrogen) atoms. The predicted octanol–water partition coefficient (Wildman–Crippen LogP) is 4.58. The molecule has 182 valence electrons. The predicted molar refractivity (Wildman–Crippen MR) is 133 cm³/mol. The van der Waals surface area contributed by atoms with Gasteiger partial charge in [-0.25, -0.2) is 10.2 Å². The number of amides is 1. The van der Waals surface area contributed by atoms with Crippen LogP contribution in [0.1, 0.15) is 41.3 Å². The molecule has 0 unspecified atom stereocenters. The van der Waals surface area contributed by atoms with E-state index in [1.165, 1.54) is 26.0 Å². The van der Waals surface area contributed by atoms with Gasteiger partial charge in [0.05, 0.1) is 26.0 Å². The number of nitrogens with one attached hydrogen (secondary N) is 1. The Kier molecular flexibility index (Phi) is 8.83. The molecule has 0 aliphatic heterocycles. The van der Waals surface area contributed by atoms with Crippen LogP contribution in [-0.2, 0) is 4.79 Å². The largest absolute Gasteiger partial charge is 0.493 e. The molecule has 1 N–H and O–H groups in total. The summed E-state index contributed by atoms with van der Waals surface area (Å²) in [7, 11) is 3.01. The molecule has 0 fully saturated rings. The summed E-state index contributed by atoms with van der Waals surface area (Å²) < 4.78 is 21.3. The van der Waals surface area contributed by atoms with Crippen LogP contribution in [-0.4, -0.2) is 38.9 Å². The average Bonchev–Trinajstić information content (AvgIpc) is 2.88. The number of methoxy groups -OCH3 is 2. The zero-order valence-corrected chi connectivity index (χ0v) is 20.1. The average molecular weight is 477 g/mol. The van der Waals surface area contributed by atoms with Crippen molar-refractivity contribution < 1.29 is 28.5 Å². The summed E-state index contributed by atoms with van der Waals surface area (Å²) in [6, 6.07) is 19.1. The third-order valence-corrected chi connectivity index (χ3v) is 5.03. The van der Waals surface area contributed by atoms with Crippen LogP contribution in [0.4, 0.5) is 0 Å². The smallest absolute Gasteiger partial charge is 0.343 e. The molecule has 3 aromatic rings. The summed E-state index contributed by atoms with van der Waals surface area (Å²) >= 11 is 0. The molecule has 3 aromatic carbocycles. The van der Waals surface area contributed by atoms with Crippen LogP contribution < -0.4 is 24.4 Å². The van der Waals surface area contributed by atoms with Crippen molar-refractivity contribution in [2.45, 2.75) is 19.8 Å². The standard InChI is InChI=1S/C27H28N2O6/c1-18(2)20-7-12-22(13-8-20)34-17-26(30)29-28-16-19-5-10-23(11-6-19)35-27(31)21-9-14-24(32-3)25(15-21)33-4/h5-16,18H,17H2,1-4H3,(H,29,30)/b28-16+. The number of esters is 1. The van der Waals surface area contributed by atoms with Gasteiger partial charge in [-0.15, -0.1) is 0 Å². The number of ether oxygens (including phenoxy) is 4. The topological polar surface area (TPSA) is 95.5 Å². The molecule has 0 spiro atoms. The van der Waals surface area contributed by atoms with Gasteiger partial charge in [-0.05, 0) is 71.6 Å². The first-order valence-electron chi connectivity index (χ1n) is 11.0. The third-order valence-electron chi connectivity index (χ3n) is 5.03. The van der Waals surface area contributed by atoms with Crippen molar-refractivity contribution in [3.63, 3.8) is 0 Å². The molecular weight excluding hydrogens is 448 g/mol. The summed E-state index contributed by atoms with van der Waals surface area (Å²) in [5.41, 5.74) is 4.66. The lowest BCUT2D eigenvalue weighted by molar-refractivity contribution is -0.123. The summed E-state index contributed by atoms with van der Waals surface area (Å²) in [5.74, 6) is 1.46. The highest BCUT2D eigenvalue weighted by atomic mass is 16.5. The molecule has 8 nitrogen and oxygen atoms in total. The van der Waals surface area contributed by atoms with Gasteiger partial charge >= 0.3 is 5.97 Å². The lowest BCUT2D eigenvalue weighted by Crippen LogP contribution is -2.24. The Morgan fingerprint density at radius 2 is 1.54 bits per heavy atom. The Balaban J connectivity index is 1.47. The van der Waals surface area contributed by atoms with Crippen molar-refractivity contribution in [3.8, 4) is 23.0 Å². The maximum atomic E-state index is 12.4. The fourth-order valence-electron chi connectivity index (χ4n) is 3.06. The van der Waals surface area contributed by atoms with Gasteiger partial charge in [0.1, 0.15) is 11.5 Å². The van der Waals surface area contributed by atoms with Crippen LogP contribution in [0.15, 0.2) is 71.8 Å². The van der Waals surface area contributed by atoms with Crippen molar-refractivity contribution in [2.75, 3.05) is 20.8 Å². The van der Waals surface area contributed by atoms with E-state index in [0.29, 0.717) is 40.0 Å². The molecule has 0 aromatic heterocycles. The molecule has 0 atom stereocenters. The number of rotatable bonds is 10. The van der Waals surface area contributed by atoms with E-state index in [0.717, 1.165) is 0 Å². The van der Waals surface area contributed by atoms with E-state index in [2.05, 4.69) is 24.4 Å². The minimum Gasteiger partial charge on any atom is -0.493 e. The van der Waals surface area contributed by atoms with Gasteiger partial charge in [0.15, 0.2) is 18.1 Å². The second-order valence-electron chi connectivity index (χ2n) is 7.83. The van der Waals surface area contributed by atoms with E-state index in [4.69, 9.17) is 18.9 Å². The van der Waals surface area contributed by atoms with Crippen LogP contribution in [0.2, 0.25) is 0 Å². The SMILES string of the molecule is COc1ccc(C(=O)Oc2ccc(/C=N/NC(=O)COc3ccc(C(C)C)cc3)cc2)cc1OC. The lowest BCUT2D eigenvalue weighted by atomic mass is 10.0. The van der Waals surface area contributed by atoms with Crippen LogP contribution in [0.3, 0.4) is 0 Å². The van der Waals surface area contributed by atoms with Crippen LogP contribution in [0, 0.1) is 0 Å². The quantitative estimate of drug-likeness (QED) is 0.199. The first kappa shape index (κ1) is 25.3. The van der Waals surface area contributed by atoms with E-state index in [1.807, 2.05) is 24.3 Å². The van der Waals surface area contributed by atoms with E-state index in [1.54, 1.807) is 42.5 Å². The number of carbonyl (C=O) groups is 2. The molecule has 1 amide bonds. The molecule has 0 bridgehead atoms. The van der Waals surface area contributed by atoms with Gasteiger partial charge in [0.2, 0.25) is 0 Å². The summed E-state index contributed by atoms with van der Waals surface area (Å²) in [6.07, 6.45) is 1.48. The number of nitrogens with zero attached hydrogens (tertiary/aromatic N) is 1. The highest BCUT2D eigenvalue weighted by molar-refractivity contribution is 5.92. The number of hydrogen-bond acceptors (Lipinski definition) is 7. The van der Waals surface area contributed by atoms with Crippen molar-refractivity contribution in [2.24, 2.45) is 5.10 Å². The summed E-state index contributed by atoms with van der Waals surface area (Å²) in [6.45, 7) is 4.08. The summed E-state index contributed by atoms with van der Waals surface area (Å²) in [5, 5.41) is 3.93. The van der Waals surface area contributed by atoms with Crippen molar-refractivity contribution >= 4 is 18.1 Å². The Labute approximate surface area is 204 Å². The van der Waals surface area contributed by atoms with E-state index in [9.17, 15) is 9.59 Å². The fourth-order valence-corrected chi connectivity index (χ4v) is 3.06. The maximum absolute atomic E-state index is 12.4. The van der Waals surface area contributed by atoms with Crippen molar-refractivity contribution in [3.05, 3.63) is 83.4 Å². The number of hydrazone groups is 1. The zero-order chi connectivity index (χ0) is 25.2. The van der Waals surface area contributed by atoms with Gasteiger partial charge in [-0.3, -0.25) is 4.79 Å². The monoisotopic (exact) mass is 476 g/mol. The second kappa shape index (κ2) is 12.2. The summed E-state index contributed by atoms with van der Waals surface area (Å²) in [4.78, 5) is 24.4. The zero-order valence-electron chi connectivity index (χ0n) is 20.1. The van der Waals surface area contributed by atoms with Gasteiger partial charge in [-0.2, -0.15) is 5.10 Å². The van der Waals surface area contributed by atoms with Gasteiger partial charge < -0.3 is 18.9 Å². The minimum absolute atomic E-state index is 0.149. The highest BCUT2D eigenvalue weighted by Gasteiger charge is 2.13. The van der Waals surface area contributed by atoms with E-state index >= 15 is 0 Å². The van der Waals surface area contributed by atoms with E-state index in [-0.39, 0.29) is 12.5 Å². The number of hydrogen-bond donors (Lipinski definition) is 1. The number of benzene rings is 3. The Morgan fingerprint density at radius 1 is 0.886 bits per heavy atom. The molecule has 0 aliphatic rings. The molecule has 0 aliphatic carbocycles. The molecule has 0 saturated heterocycles. The maximum Gasteiger partial charge on any atom is 0.343 e. The molecule has 3 rings (SSSR count). The Morgan fingerprint density at radius 3 is 2.17 bits per heavy atom. The molecule has 8 heteroatoms. The van der Waals surface area contributed by atoms with Gasteiger partial charge in [0, 0.05) is 0 Å². The first-order valence-corrected chi connectivity index (χ1v) is 11.0. The third kappa shape index (κ3) is 7.33. The minimum atomic E-state index is -0.529. The normalized spacial score (nSPS) is 10.8. The van der Waals surface area contributed by atoms with Crippen molar-refractivity contribution in [1.29, 1.82) is 0 Å². The molecule has 0 saturated carbocycles. The Hall–Kier alpha value is -4.33. The lowest BCUT2D eigenvalue weighted by Gasteiger charge is -2.09.